The third-order valence-corrected chi connectivity index (χ3v) is 7.13. The molecule has 1 aliphatic rings. The Morgan fingerprint density at radius 1 is 0.964 bits per heavy atom. The summed E-state index contributed by atoms with van der Waals surface area (Å²) in [6, 6.07) is 15.0. The first-order valence-electron chi connectivity index (χ1n) is 9.73. The van der Waals surface area contributed by atoms with Gasteiger partial charge in [-0.05, 0) is 48.9 Å². The van der Waals surface area contributed by atoms with Crippen LogP contribution in [-0.4, -0.2) is 17.6 Å². The lowest BCUT2D eigenvalue weighted by molar-refractivity contribution is 0.443. The summed E-state index contributed by atoms with van der Waals surface area (Å²) in [5.74, 6) is 0.839. The fourth-order valence-electron chi connectivity index (χ4n) is 3.90. The standard InChI is InChI=1S/C22H25N3O2S/c1-16-7-13-20(14-8-16)28(26,27)25-15-21(22(23)24-25)19-11-9-18(10-12-19)17-5-3-2-4-6-17/h7-15,17H,2-6H2,1H3,(H2,23,24). The molecule has 1 saturated carbocycles. The molecule has 146 valence electrons. The zero-order chi connectivity index (χ0) is 19.7. The van der Waals surface area contributed by atoms with Crippen molar-refractivity contribution in [3.8, 4) is 11.1 Å². The quantitative estimate of drug-likeness (QED) is 0.693. The van der Waals surface area contributed by atoms with Gasteiger partial charge in [0.2, 0.25) is 0 Å². The number of rotatable bonds is 4. The van der Waals surface area contributed by atoms with Crippen LogP contribution < -0.4 is 5.73 Å². The van der Waals surface area contributed by atoms with Crippen molar-refractivity contribution < 1.29 is 8.42 Å². The maximum Gasteiger partial charge on any atom is 0.283 e. The lowest BCUT2D eigenvalue weighted by atomic mass is 9.84. The van der Waals surface area contributed by atoms with Gasteiger partial charge in [-0.1, -0.05) is 61.2 Å². The predicted molar refractivity (Wildman–Crippen MR) is 112 cm³/mol. The first kappa shape index (κ1) is 18.7. The molecular formula is C22H25N3O2S. The number of aryl methyl sites for hydroxylation is 1. The fourth-order valence-corrected chi connectivity index (χ4v) is 5.04. The molecule has 4 rings (SSSR count). The normalized spacial score (nSPS) is 15.6. The van der Waals surface area contributed by atoms with Gasteiger partial charge in [-0.15, -0.1) is 5.10 Å². The summed E-state index contributed by atoms with van der Waals surface area (Å²) in [7, 11) is -3.77. The van der Waals surface area contributed by atoms with Gasteiger partial charge in [-0.2, -0.15) is 12.5 Å². The molecule has 0 unspecified atom stereocenters. The molecule has 0 atom stereocenters. The number of nitrogens with zero attached hydrogens (tertiary/aromatic N) is 2. The van der Waals surface area contributed by atoms with E-state index in [0.29, 0.717) is 11.5 Å². The van der Waals surface area contributed by atoms with Crippen LogP contribution in [0.5, 0.6) is 0 Å². The van der Waals surface area contributed by atoms with Crippen LogP contribution in [0.4, 0.5) is 5.82 Å². The van der Waals surface area contributed by atoms with Gasteiger partial charge in [0, 0.05) is 5.56 Å². The number of hydrogen-bond donors (Lipinski definition) is 1. The van der Waals surface area contributed by atoms with E-state index < -0.39 is 10.0 Å². The molecule has 1 aliphatic carbocycles. The molecule has 0 bridgehead atoms. The van der Waals surface area contributed by atoms with Crippen molar-refractivity contribution in [2.75, 3.05) is 5.73 Å². The highest BCUT2D eigenvalue weighted by Gasteiger charge is 2.21. The minimum absolute atomic E-state index is 0.194. The number of anilines is 1. The van der Waals surface area contributed by atoms with E-state index in [1.165, 1.54) is 43.9 Å². The van der Waals surface area contributed by atoms with Gasteiger partial charge >= 0.3 is 0 Å². The molecule has 1 heterocycles. The van der Waals surface area contributed by atoms with E-state index in [2.05, 4.69) is 17.2 Å². The van der Waals surface area contributed by atoms with E-state index in [1.54, 1.807) is 24.3 Å². The monoisotopic (exact) mass is 395 g/mol. The molecule has 1 aromatic heterocycles. The molecule has 0 radical (unpaired) electrons. The molecule has 5 nitrogen and oxygen atoms in total. The van der Waals surface area contributed by atoms with Crippen LogP contribution in [0.25, 0.3) is 11.1 Å². The largest absolute Gasteiger partial charge is 0.382 e. The summed E-state index contributed by atoms with van der Waals surface area (Å²) >= 11 is 0. The Kier molecular flexibility index (Phi) is 4.98. The molecule has 6 heteroatoms. The van der Waals surface area contributed by atoms with Crippen molar-refractivity contribution in [3.05, 3.63) is 65.9 Å². The van der Waals surface area contributed by atoms with Crippen molar-refractivity contribution in [1.82, 2.24) is 9.19 Å². The van der Waals surface area contributed by atoms with Crippen LogP contribution in [0, 0.1) is 6.92 Å². The zero-order valence-corrected chi connectivity index (χ0v) is 16.8. The Morgan fingerprint density at radius 3 is 2.25 bits per heavy atom. The van der Waals surface area contributed by atoms with E-state index >= 15 is 0 Å². The van der Waals surface area contributed by atoms with Crippen LogP contribution in [0.15, 0.2) is 59.6 Å². The Labute approximate surface area is 166 Å². The van der Waals surface area contributed by atoms with Gasteiger partial charge in [-0.3, -0.25) is 0 Å². The van der Waals surface area contributed by atoms with E-state index in [0.717, 1.165) is 15.2 Å². The molecule has 0 saturated heterocycles. The zero-order valence-electron chi connectivity index (χ0n) is 16.0. The molecule has 28 heavy (non-hydrogen) atoms. The summed E-state index contributed by atoms with van der Waals surface area (Å²) in [4.78, 5) is 0.194. The van der Waals surface area contributed by atoms with Crippen LogP contribution in [0.1, 0.15) is 49.1 Å². The summed E-state index contributed by atoms with van der Waals surface area (Å²) in [5.41, 5.74) is 9.91. The molecular weight excluding hydrogens is 370 g/mol. The third kappa shape index (κ3) is 3.56. The summed E-state index contributed by atoms with van der Waals surface area (Å²) < 4.78 is 26.7. The van der Waals surface area contributed by atoms with Gasteiger partial charge in [0.05, 0.1) is 11.1 Å². The summed E-state index contributed by atoms with van der Waals surface area (Å²) in [6.07, 6.45) is 7.91. The molecule has 0 aliphatic heterocycles. The molecule has 0 amide bonds. The molecule has 1 fully saturated rings. The second-order valence-electron chi connectivity index (χ2n) is 7.58. The van der Waals surface area contributed by atoms with Crippen LogP contribution in [-0.2, 0) is 10.0 Å². The van der Waals surface area contributed by atoms with E-state index in [1.807, 2.05) is 19.1 Å². The Balaban J connectivity index is 1.63. The third-order valence-electron chi connectivity index (χ3n) is 5.59. The first-order chi connectivity index (χ1) is 13.4. The molecule has 2 aromatic carbocycles. The Hall–Kier alpha value is -2.60. The number of nitrogen functional groups attached to an aromatic ring is 1. The van der Waals surface area contributed by atoms with Gasteiger partial charge in [0.1, 0.15) is 0 Å². The highest BCUT2D eigenvalue weighted by molar-refractivity contribution is 7.89. The van der Waals surface area contributed by atoms with Crippen LogP contribution in [0.3, 0.4) is 0 Å². The molecule has 3 aromatic rings. The van der Waals surface area contributed by atoms with Crippen molar-refractivity contribution in [3.63, 3.8) is 0 Å². The van der Waals surface area contributed by atoms with E-state index in [9.17, 15) is 8.42 Å². The minimum Gasteiger partial charge on any atom is -0.382 e. The minimum atomic E-state index is -3.77. The van der Waals surface area contributed by atoms with Crippen LogP contribution in [0.2, 0.25) is 0 Å². The van der Waals surface area contributed by atoms with Crippen molar-refractivity contribution in [2.45, 2.75) is 49.8 Å². The van der Waals surface area contributed by atoms with Crippen molar-refractivity contribution >= 4 is 15.8 Å². The second-order valence-corrected chi connectivity index (χ2v) is 9.37. The maximum absolute atomic E-state index is 12.8. The lowest BCUT2D eigenvalue weighted by Crippen LogP contribution is -2.13. The molecule has 2 N–H and O–H groups in total. The smallest absolute Gasteiger partial charge is 0.283 e. The Bertz CT molecular complexity index is 1060. The van der Waals surface area contributed by atoms with Crippen LogP contribution >= 0.6 is 0 Å². The number of aromatic nitrogens is 2. The van der Waals surface area contributed by atoms with Gasteiger partial charge in [0.15, 0.2) is 5.82 Å². The van der Waals surface area contributed by atoms with E-state index in [4.69, 9.17) is 5.73 Å². The van der Waals surface area contributed by atoms with Gasteiger partial charge in [-0.25, -0.2) is 0 Å². The average molecular weight is 396 g/mol. The number of nitrogens with two attached hydrogens (primary N) is 1. The highest BCUT2D eigenvalue weighted by atomic mass is 32.2. The second kappa shape index (κ2) is 7.43. The SMILES string of the molecule is Cc1ccc(S(=O)(=O)n2cc(-c3ccc(C4CCCCC4)cc3)c(N)n2)cc1. The topological polar surface area (TPSA) is 78.0 Å². The first-order valence-corrected chi connectivity index (χ1v) is 11.2. The maximum atomic E-state index is 12.8. The van der Waals surface area contributed by atoms with Crippen molar-refractivity contribution in [1.29, 1.82) is 0 Å². The number of hydrogen-bond acceptors (Lipinski definition) is 4. The van der Waals surface area contributed by atoms with E-state index in [-0.39, 0.29) is 10.7 Å². The molecule has 0 spiro atoms. The lowest BCUT2D eigenvalue weighted by Gasteiger charge is -2.22. The predicted octanol–water partition coefficient (Wildman–Crippen LogP) is 4.73. The van der Waals surface area contributed by atoms with Gasteiger partial charge in [0.25, 0.3) is 10.0 Å². The number of benzene rings is 2. The highest BCUT2D eigenvalue weighted by Crippen LogP contribution is 2.34. The Morgan fingerprint density at radius 2 is 1.61 bits per heavy atom. The summed E-state index contributed by atoms with van der Waals surface area (Å²) in [5, 5.41) is 4.08. The summed E-state index contributed by atoms with van der Waals surface area (Å²) in [6.45, 7) is 1.91. The van der Waals surface area contributed by atoms with Crippen molar-refractivity contribution in [2.24, 2.45) is 0 Å². The van der Waals surface area contributed by atoms with Gasteiger partial charge < -0.3 is 5.73 Å². The fraction of sp³-hybridized carbons (Fsp3) is 0.318. The average Bonchev–Trinajstić information content (AvgIpc) is 3.12.